The van der Waals surface area contributed by atoms with Gasteiger partial charge in [0.2, 0.25) is 0 Å². The topological polar surface area (TPSA) is 111 Å². The zero-order valence-electron chi connectivity index (χ0n) is 24.1. The molecule has 1 atom stereocenters. The summed E-state index contributed by atoms with van der Waals surface area (Å²) in [6.07, 6.45) is 7.24. The number of pyridine rings is 1. The molecule has 0 spiro atoms. The zero-order valence-corrected chi connectivity index (χ0v) is 24.9. The third-order valence-electron chi connectivity index (χ3n) is 6.65. The maximum absolute atomic E-state index is 12.2. The van der Waals surface area contributed by atoms with Gasteiger partial charge in [0.05, 0.1) is 37.1 Å². The summed E-state index contributed by atoms with van der Waals surface area (Å²) < 4.78 is 12.0. The molecule has 3 heterocycles. The molecule has 1 fully saturated rings. The van der Waals surface area contributed by atoms with Crippen LogP contribution in [0.25, 0.3) is 11.6 Å². The number of carbonyl (C=O) groups is 2. The molecular formula is C30H37ClN6O4. The average molecular weight is 581 g/mol. The second-order valence-electron chi connectivity index (χ2n) is 10.8. The first-order valence-corrected chi connectivity index (χ1v) is 13.9. The Kier molecular flexibility index (Phi) is 9.67. The van der Waals surface area contributed by atoms with E-state index in [1.807, 2.05) is 62.7 Å². The minimum atomic E-state index is -0.522. The normalized spacial score (nSPS) is 15.2. The number of alkyl carbamates (subject to hydrolysis) is 1. The molecule has 218 valence electrons. The van der Waals surface area contributed by atoms with Crippen LogP contribution < -0.4 is 10.6 Å². The molecule has 11 heteroatoms. The van der Waals surface area contributed by atoms with Crippen molar-refractivity contribution in [3.63, 3.8) is 0 Å². The Bertz CT molecular complexity index is 1410. The van der Waals surface area contributed by atoms with Crippen LogP contribution in [-0.4, -0.2) is 70.5 Å². The minimum absolute atomic E-state index is 0.200. The second-order valence-corrected chi connectivity index (χ2v) is 11.3. The van der Waals surface area contributed by atoms with Crippen molar-refractivity contribution < 1.29 is 19.1 Å². The van der Waals surface area contributed by atoms with Gasteiger partial charge in [-0.15, -0.1) is 0 Å². The van der Waals surface area contributed by atoms with E-state index in [-0.39, 0.29) is 11.7 Å². The summed E-state index contributed by atoms with van der Waals surface area (Å²) in [5.74, 6) is 0. The lowest BCUT2D eigenvalue weighted by Gasteiger charge is -2.30. The number of methoxy groups -OCH3 is 1. The predicted molar refractivity (Wildman–Crippen MR) is 159 cm³/mol. The summed E-state index contributed by atoms with van der Waals surface area (Å²) in [6.45, 7) is 8.86. The number of fused-ring (bicyclic) bond motifs is 2. The van der Waals surface area contributed by atoms with Crippen molar-refractivity contribution in [2.24, 2.45) is 7.05 Å². The lowest BCUT2D eigenvalue weighted by atomic mass is 9.92. The molecule has 1 unspecified atom stereocenters. The highest BCUT2D eigenvalue weighted by atomic mass is 35.5. The van der Waals surface area contributed by atoms with Gasteiger partial charge >= 0.3 is 12.2 Å². The van der Waals surface area contributed by atoms with Crippen LogP contribution in [0.4, 0.5) is 9.59 Å². The number of aromatic nitrogens is 3. The molecule has 1 aromatic carbocycles. The lowest BCUT2D eigenvalue weighted by molar-refractivity contribution is 0.0229. The van der Waals surface area contributed by atoms with Gasteiger partial charge in [-0.2, -0.15) is 0 Å². The molecule has 0 radical (unpaired) electrons. The second kappa shape index (κ2) is 13.2. The van der Waals surface area contributed by atoms with Crippen LogP contribution in [0.5, 0.6) is 0 Å². The maximum Gasteiger partial charge on any atom is 0.410 e. The molecule has 1 saturated heterocycles. The zero-order chi connectivity index (χ0) is 29.6. The van der Waals surface area contributed by atoms with E-state index >= 15 is 0 Å². The number of hydrogen-bond donors (Lipinski definition) is 2. The van der Waals surface area contributed by atoms with E-state index in [9.17, 15) is 9.59 Å². The quantitative estimate of drug-likeness (QED) is 0.456. The van der Waals surface area contributed by atoms with Gasteiger partial charge in [0.1, 0.15) is 5.60 Å². The van der Waals surface area contributed by atoms with E-state index in [4.69, 9.17) is 21.1 Å². The third kappa shape index (κ3) is 7.86. The molecule has 2 aromatic heterocycles. The van der Waals surface area contributed by atoms with Crippen LogP contribution in [0.1, 0.15) is 54.9 Å². The summed E-state index contributed by atoms with van der Waals surface area (Å²) in [4.78, 5) is 34.1. The molecule has 2 aliphatic rings. The highest BCUT2D eigenvalue weighted by Crippen LogP contribution is 2.38. The molecule has 10 nitrogen and oxygen atoms in total. The van der Waals surface area contributed by atoms with Crippen LogP contribution in [0, 0.1) is 0 Å². The lowest BCUT2D eigenvalue weighted by Crippen LogP contribution is -2.48. The number of aryl methyl sites for hydroxylation is 1. The molecule has 0 bridgehead atoms. The number of rotatable bonds is 3. The van der Waals surface area contributed by atoms with E-state index in [0.717, 1.165) is 59.8 Å². The monoisotopic (exact) mass is 580 g/mol. The number of ether oxygens (including phenoxy) is 2. The van der Waals surface area contributed by atoms with Gasteiger partial charge in [-0.3, -0.25) is 4.98 Å². The molecule has 0 saturated carbocycles. The van der Waals surface area contributed by atoms with E-state index in [1.165, 1.54) is 7.11 Å². The summed E-state index contributed by atoms with van der Waals surface area (Å²) in [6, 6.07) is 9.27. The van der Waals surface area contributed by atoms with Gasteiger partial charge in [-0.1, -0.05) is 23.7 Å². The van der Waals surface area contributed by atoms with Crippen molar-refractivity contribution in [1.29, 1.82) is 0 Å². The van der Waals surface area contributed by atoms with Gasteiger partial charge in [-0.25, -0.2) is 14.6 Å². The fraction of sp³-hybridized carbons (Fsp3) is 0.400. The Morgan fingerprint density at radius 2 is 1.93 bits per heavy atom. The minimum Gasteiger partial charge on any atom is -0.453 e. The van der Waals surface area contributed by atoms with Crippen molar-refractivity contribution in [3.8, 4) is 0 Å². The number of carbonyl (C=O) groups excluding carboxylic acids is 2. The number of piperazine rings is 1. The van der Waals surface area contributed by atoms with Crippen molar-refractivity contribution in [3.05, 3.63) is 82.2 Å². The number of nitrogens with one attached hydrogen (secondary N) is 2. The highest BCUT2D eigenvalue weighted by molar-refractivity contribution is 6.30. The SMILES string of the molecule is CC(C)(C)OC(=O)N1CCNCC1.COC(=O)NC(C1=Cc2cccnc2Cc2ccc(Cl)cc21)c1cncn1C. The summed E-state index contributed by atoms with van der Waals surface area (Å²) >= 11 is 6.33. The van der Waals surface area contributed by atoms with E-state index in [2.05, 4.69) is 26.7 Å². The third-order valence-corrected chi connectivity index (χ3v) is 6.89. The van der Waals surface area contributed by atoms with Gasteiger partial charge in [0.15, 0.2) is 0 Å². The van der Waals surface area contributed by atoms with Crippen LogP contribution in [0.3, 0.4) is 0 Å². The molecular weight excluding hydrogens is 544 g/mol. The number of imidazole rings is 1. The molecule has 2 amide bonds. The van der Waals surface area contributed by atoms with E-state index in [0.29, 0.717) is 11.4 Å². The van der Waals surface area contributed by atoms with E-state index in [1.54, 1.807) is 23.6 Å². The Hall–Kier alpha value is -3.89. The molecule has 3 aromatic rings. The van der Waals surface area contributed by atoms with Crippen LogP contribution in [-0.2, 0) is 22.9 Å². The first-order valence-electron chi connectivity index (χ1n) is 13.5. The van der Waals surface area contributed by atoms with Crippen LogP contribution in [0.2, 0.25) is 5.02 Å². The van der Waals surface area contributed by atoms with E-state index < -0.39 is 12.1 Å². The van der Waals surface area contributed by atoms with Gasteiger partial charge in [0.25, 0.3) is 0 Å². The smallest absolute Gasteiger partial charge is 0.410 e. The highest BCUT2D eigenvalue weighted by Gasteiger charge is 2.28. The number of amides is 2. The summed E-state index contributed by atoms with van der Waals surface area (Å²) in [5.41, 5.74) is 5.38. The molecule has 1 aliphatic heterocycles. The van der Waals surface area contributed by atoms with Gasteiger partial charge in [0, 0.05) is 50.9 Å². The van der Waals surface area contributed by atoms with Gasteiger partial charge in [-0.05, 0) is 67.3 Å². The fourth-order valence-electron chi connectivity index (χ4n) is 4.67. The first kappa shape index (κ1) is 30.1. The van der Waals surface area contributed by atoms with Crippen LogP contribution >= 0.6 is 11.6 Å². The predicted octanol–water partition coefficient (Wildman–Crippen LogP) is 4.84. The van der Waals surface area contributed by atoms with Crippen molar-refractivity contribution in [2.45, 2.75) is 38.8 Å². The summed E-state index contributed by atoms with van der Waals surface area (Å²) in [5, 5.41) is 6.76. The summed E-state index contributed by atoms with van der Waals surface area (Å²) in [7, 11) is 3.24. The maximum atomic E-state index is 12.2. The van der Waals surface area contributed by atoms with Crippen molar-refractivity contribution in [1.82, 2.24) is 30.1 Å². The molecule has 5 rings (SSSR count). The van der Waals surface area contributed by atoms with Crippen molar-refractivity contribution >= 4 is 35.4 Å². The Morgan fingerprint density at radius 1 is 1.17 bits per heavy atom. The van der Waals surface area contributed by atoms with Crippen LogP contribution in [0.15, 0.2) is 49.1 Å². The number of nitrogens with zero attached hydrogens (tertiary/aromatic N) is 4. The first-order chi connectivity index (χ1) is 19.6. The van der Waals surface area contributed by atoms with Gasteiger partial charge < -0.3 is 29.6 Å². The Morgan fingerprint density at radius 3 is 2.59 bits per heavy atom. The fourth-order valence-corrected chi connectivity index (χ4v) is 4.85. The number of halogens is 1. The number of hydrogen-bond acceptors (Lipinski definition) is 7. The standard InChI is InChI=1S/C21H19ClN4O2.C9H18N2O2/c1-26-12-23-11-19(26)20(25-21(27)28-2)17-8-14-4-3-7-24-18(14)9-13-5-6-15(22)10-16(13)17;1-9(2,3)13-8(12)11-6-4-10-5-7-11/h3-8,10-12,20H,9H2,1-2H3,(H,25,27);10H,4-7H2,1-3H3. The Labute approximate surface area is 245 Å². The largest absolute Gasteiger partial charge is 0.453 e. The molecule has 2 N–H and O–H groups in total. The van der Waals surface area contributed by atoms with Crippen molar-refractivity contribution in [2.75, 3.05) is 33.3 Å². The molecule has 1 aliphatic carbocycles. The molecule has 41 heavy (non-hydrogen) atoms. The average Bonchev–Trinajstić information content (AvgIpc) is 3.30. The number of benzene rings is 1. The Balaban J connectivity index is 0.000000251.